The Bertz CT molecular complexity index is 747. The highest BCUT2D eigenvalue weighted by atomic mass is 16.5. The molecule has 112 valence electrons. The second kappa shape index (κ2) is 5.93. The van der Waals surface area contributed by atoms with E-state index in [1.54, 1.807) is 31.4 Å². The van der Waals surface area contributed by atoms with Gasteiger partial charge in [0, 0.05) is 11.6 Å². The highest BCUT2D eigenvalue weighted by Gasteiger charge is 2.27. The van der Waals surface area contributed by atoms with Gasteiger partial charge < -0.3 is 14.2 Å². The lowest BCUT2D eigenvalue weighted by atomic mass is 10.1. The molecule has 0 bridgehead atoms. The minimum Gasteiger partial charge on any atom is -0.497 e. The zero-order valence-corrected chi connectivity index (χ0v) is 12.5. The SMILES string of the molecule is CCOc1ccccc1C=C1Oc2cc(OC)ccc2C1=O. The first-order chi connectivity index (χ1) is 10.7. The molecule has 1 heterocycles. The van der Waals surface area contributed by atoms with Crippen molar-refractivity contribution in [1.29, 1.82) is 0 Å². The smallest absolute Gasteiger partial charge is 0.231 e. The minimum atomic E-state index is -0.135. The van der Waals surface area contributed by atoms with Crippen LogP contribution >= 0.6 is 0 Å². The predicted molar refractivity (Wildman–Crippen MR) is 83.5 cm³/mol. The van der Waals surface area contributed by atoms with Gasteiger partial charge in [-0.05, 0) is 31.2 Å². The van der Waals surface area contributed by atoms with E-state index in [4.69, 9.17) is 14.2 Å². The van der Waals surface area contributed by atoms with Crippen molar-refractivity contribution in [2.45, 2.75) is 6.92 Å². The Morgan fingerprint density at radius 3 is 2.77 bits per heavy atom. The summed E-state index contributed by atoms with van der Waals surface area (Å²) >= 11 is 0. The van der Waals surface area contributed by atoms with E-state index < -0.39 is 0 Å². The van der Waals surface area contributed by atoms with Crippen molar-refractivity contribution in [3.8, 4) is 17.2 Å². The van der Waals surface area contributed by atoms with Gasteiger partial charge in [-0.25, -0.2) is 0 Å². The van der Waals surface area contributed by atoms with Crippen LogP contribution in [0.3, 0.4) is 0 Å². The number of Topliss-reactive ketones (excluding diaryl/α,β-unsaturated/α-hetero) is 1. The number of allylic oxidation sites excluding steroid dienone is 1. The molecule has 1 aliphatic rings. The summed E-state index contributed by atoms with van der Waals surface area (Å²) in [5, 5.41) is 0. The third-order valence-electron chi connectivity index (χ3n) is 3.38. The van der Waals surface area contributed by atoms with Crippen LogP contribution in [-0.2, 0) is 0 Å². The molecule has 4 nitrogen and oxygen atoms in total. The van der Waals surface area contributed by atoms with Gasteiger partial charge in [0.1, 0.15) is 17.2 Å². The summed E-state index contributed by atoms with van der Waals surface area (Å²) in [6, 6.07) is 12.7. The number of ketones is 1. The fourth-order valence-electron chi connectivity index (χ4n) is 2.32. The molecule has 0 spiro atoms. The van der Waals surface area contributed by atoms with Gasteiger partial charge in [-0.15, -0.1) is 0 Å². The zero-order chi connectivity index (χ0) is 15.5. The number of hydrogen-bond acceptors (Lipinski definition) is 4. The quantitative estimate of drug-likeness (QED) is 0.807. The molecule has 4 heteroatoms. The van der Waals surface area contributed by atoms with E-state index in [1.165, 1.54) is 0 Å². The zero-order valence-electron chi connectivity index (χ0n) is 12.5. The summed E-state index contributed by atoms with van der Waals surface area (Å²) in [6.07, 6.45) is 1.71. The van der Waals surface area contributed by atoms with E-state index in [1.807, 2.05) is 31.2 Å². The number of carbonyl (C=O) groups is 1. The molecule has 2 aromatic rings. The molecular weight excluding hydrogens is 280 g/mol. The highest BCUT2D eigenvalue weighted by molar-refractivity contribution is 6.14. The van der Waals surface area contributed by atoms with Crippen LogP contribution in [0.4, 0.5) is 0 Å². The second-order valence-corrected chi connectivity index (χ2v) is 4.77. The maximum Gasteiger partial charge on any atom is 0.231 e. The Labute approximate surface area is 128 Å². The molecule has 1 aliphatic heterocycles. The first-order valence-corrected chi connectivity index (χ1v) is 7.07. The first kappa shape index (κ1) is 14.2. The Kier molecular flexibility index (Phi) is 3.83. The standard InChI is InChI=1S/C18H16O4/c1-3-21-15-7-5-4-6-12(15)10-17-18(19)14-9-8-13(20-2)11-16(14)22-17/h4-11H,3H2,1-2H3. The third kappa shape index (κ3) is 2.55. The number of rotatable bonds is 4. The molecule has 0 aliphatic carbocycles. The summed E-state index contributed by atoms with van der Waals surface area (Å²) in [6.45, 7) is 2.48. The van der Waals surface area contributed by atoms with E-state index in [0.29, 0.717) is 23.7 Å². The molecule has 0 unspecified atom stereocenters. The number of para-hydroxylation sites is 1. The maximum absolute atomic E-state index is 12.4. The summed E-state index contributed by atoms with van der Waals surface area (Å²) in [7, 11) is 1.58. The van der Waals surface area contributed by atoms with Crippen LogP contribution in [0.2, 0.25) is 0 Å². The van der Waals surface area contributed by atoms with Gasteiger partial charge in [0.15, 0.2) is 5.76 Å². The average Bonchev–Trinajstić information content (AvgIpc) is 2.85. The van der Waals surface area contributed by atoms with Crippen molar-refractivity contribution in [3.05, 3.63) is 59.4 Å². The molecular formula is C18H16O4. The monoisotopic (exact) mass is 296 g/mol. The summed E-state index contributed by atoms with van der Waals surface area (Å²) in [4.78, 5) is 12.4. The minimum absolute atomic E-state index is 0.135. The predicted octanol–water partition coefficient (Wildman–Crippen LogP) is 3.71. The fraction of sp³-hybridized carbons (Fsp3) is 0.167. The Balaban J connectivity index is 1.96. The molecule has 0 aromatic heterocycles. The van der Waals surface area contributed by atoms with Crippen LogP contribution in [0, 0.1) is 0 Å². The topological polar surface area (TPSA) is 44.8 Å². The van der Waals surface area contributed by atoms with Crippen LogP contribution in [-0.4, -0.2) is 19.5 Å². The van der Waals surface area contributed by atoms with Gasteiger partial charge in [0.2, 0.25) is 5.78 Å². The number of fused-ring (bicyclic) bond motifs is 1. The second-order valence-electron chi connectivity index (χ2n) is 4.77. The molecule has 0 saturated carbocycles. The fourth-order valence-corrected chi connectivity index (χ4v) is 2.32. The van der Waals surface area contributed by atoms with Gasteiger partial charge in [0.05, 0.1) is 19.3 Å². The van der Waals surface area contributed by atoms with Gasteiger partial charge in [-0.3, -0.25) is 4.79 Å². The van der Waals surface area contributed by atoms with Crippen LogP contribution in [0.15, 0.2) is 48.2 Å². The number of benzene rings is 2. The molecule has 0 radical (unpaired) electrons. The van der Waals surface area contributed by atoms with E-state index in [-0.39, 0.29) is 11.5 Å². The summed E-state index contributed by atoms with van der Waals surface area (Å²) in [5.41, 5.74) is 1.36. The van der Waals surface area contributed by atoms with E-state index in [0.717, 1.165) is 11.3 Å². The lowest BCUT2D eigenvalue weighted by Gasteiger charge is -2.07. The number of carbonyl (C=O) groups excluding carboxylic acids is 1. The van der Waals surface area contributed by atoms with Crippen LogP contribution in [0.1, 0.15) is 22.8 Å². The largest absolute Gasteiger partial charge is 0.497 e. The molecule has 3 rings (SSSR count). The van der Waals surface area contributed by atoms with Crippen molar-refractivity contribution in [3.63, 3.8) is 0 Å². The normalized spacial score (nSPS) is 14.6. The van der Waals surface area contributed by atoms with Gasteiger partial charge >= 0.3 is 0 Å². The summed E-state index contributed by atoms with van der Waals surface area (Å²) < 4.78 is 16.4. The van der Waals surface area contributed by atoms with E-state index in [2.05, 4.69) is 0 Å². The van der Waals surface area contributed by atoms with Crippen LogP contribution < -0.4 is 14.2 Å². The molecule has 0 N–H and O–H groups in total. The average molecular weight is 296 g/mol. The maximum atomic E-state index is 12.4. The van der Waals surface area contributed by atoms with Crippen molar-refractivity contribution >= 4 is 11.9 Å². The molecule has 0 fully saturated rings. The van der Waals surface area contributed by atoms with Gasteiger partial charge in [-0.2, -0.15) is 0 Å². The van der Waals surface area contributed by atoms with E-state index in [9.17, 15) is 4.79 Å². The Hall–Kier alpha value is -2.75. The lowest BCUT2D eigenvalue weighted by molar-refractivity contribution is 0.101. The van der Waals surface area contributed by atoms with Crippen molar-refractivity contribution in [2.24, 2.45) is 0 Å². The Morgan fingerprint density at radius 1 is 1.18 bits per heavy atom. The lowest BCUT2D eigenvalue weighted by Crippen LogP contribution is -1.99. The van der Waals surface area contributed by atoms with Crippen molar-refractivity contribution in [1.82, 2.24) is 0 Å². The third-order valence-corrected chi connectivity index (χ3v) is 3.38. The molecule has 0 saturated heterocycles. The van der Waals surface area contributed by atoms with Crippen molar-refractivity contribution < 1.29 is 19.0 Å². The van der Waals surface area contributed by atoms with Crippen molar-refractivity contribution in [2.75, 3.05) is 13.7 Å². The highest BCUT2D eigenvalue weighted by Crippen LogP contribution is 2.35. The first-order valence-electron chi connectivity index (χ1n) is 7.07. The van der Waals surface area contributed by atoms with E-state index >= 15 is 0 Å². The van der Waals surface area contributed by atoms with Crippen LogP contribution in [0.5, 0.6) is 17.2 Å². The summed E-state index contributed by atoms with van der Waals surface area (Å²) in [5.74, 6) is 2.05. The van der Waals surface area contributed by atoms with Gasteiger partial charge in [-0.1, -0.05) is 18.2 Å². The molecule has 2 aromatic carbocycles. The van der Waals surface area contributed by atoms with Crippen LogP contribution in [0.25, 0.3) is 6.08 Å². The number of ether oxygens (including phenoxy) is 3. The molecule has 22 heavy (non-hydrogen) atoms. The number of methoxy groups -OCH3 is 1. The van der Waals surface area contributed by atoms with Gasteiger partial charge in [0.25, 0.3) is 0 Å². The number of hydrogen-bond donors (Lipinski definition) is 0. The molecule has 0 atom stereocenters. The Morgan fingerprint density at radius 2 is 2.00 bits per heavy atom. The molecule has 0 amide bonds.